The van der Waals surface area contributed by atoms with Crippen LogP contribution >= 0.6 is 27.7 Å². The van der Waals surface area contributed by atoms with Crippen molar-refractivity contribution < 1.29 is 24.0 Å². The molecule has 0 aromatic heterocycles. The van der Waals surface area contributed by atoms with Crippen LogP contribution in [0.2, 0.25) is 0 Å². The highest BCUT2D eigenvalue weighted by molar-refractivity contribution is 9.10. The number of nitro benzene ring substituents is 1. The molecular formula is C22H19BrN4O6S. The van der Waals surface area contributed by atoms with Crippen molar-refractivity contribution in [2.75, 3.05) is 43.1 Å². The summed E-state index contributed by atoms with van der Waals surface area (Å²) in [6, 6.07) is 11.4. The highest BCUT2D eigenvalue weighted by Crippen LogP contribution is 2.35. The van der Waals surface area contributed by atoms with E-state index in [1.165, 1.54) is 18.2 Å². The Morgan fingerprint density at radius 3 is 2.65 bits per heavy atom. The fourth-order valence-electron chi connectivity index (χ4n) is 3.54. The van der Waals surface area contributed by atoms with Crippen LogP contribution in [-0.2, 0) is 14.3 Å². The number of hydrogen-bond donors (Lipinski definition) is 1. The van der Waals surface area contributed by atoms with Crippen LogP contribution in [-0.4, -0.2) is 59.7 Å². The van der Waals surface area contributed by atoms with E-state index in [1.807, 2.05) is 4.90 Å². The number of para-hydroxylation sites is 1. The molecule has 10 nitrogen and oxygen atoms in total. The predicted molar refractivity (Wildman–Crippen MR) is 132 cm³/mol. The maximum Gasteiger partial charge on any atom is 0.294 e. The van der Waals surface area contributed by atoms with Gasteiger partial charge in [-0.25, -0.2) is 0 Å². The molecule has 12 heteroatoms. The first-order valence-corrected chi connectivity index (χ1v) is 11.9. The van der Waals surface area contributed by atoms with Crippen molar-refractivity contribution in [3.05, 3.63) is 67.5 Å². The summed E-state index contributed by atoms with van der Waals surface area (Å²) in [7, 11) is 0. The van der Waals surface area contributed by atoms with Crippen LogP contribution in [0.4, 0.5) is 21.9 Å². The molecule has 0 spiro atoms. The molecule has 2 saturated heterocycles. The number of carbonyl (C=O) groups excluding carboxylic acids is 3. The lowest BCUT2D eigenvalue weighted by molar-refractivity contribution is -0.384. The molecule has 0 atom stereocenters. The summed E-state index contributed by atoms with van der Waals surface area (Å²) >= 11 is 4.02. The second-order valence-corrected chi connectivity index (χ2v) is 9.24. The fourth-order valence-corrected chi connectivity index (χ4v) is 4.75. The van der Waals surface area contributed by atoms with E-state index in [-0.39, 0.29) is 10.6 Å². The van der Waals surface area contributed by atoms with Gasteiger partial charge < -0.3 is 15.0 Å². The van der Waals surface area contributed by atoms with E-state index in [9.17, 15) is 24.5 Å². The van der Waals surface area contributed by atoms with Gasteiger partial charge in [0, 0.05) is 40.9 Å². The molecule has 3 amide bonds. The van der Waals surface area contributed by atoms with Gasteiger partial charge in [0.2, 0.25) is 5.91 Å². The van der Waals surface area contributed by atoms with Crippen molar-refractivity contribution >= 4 is 67.9 Å². The molecule has 0 bridgehead atoms. The van der Waals surface area contributed by atoms with Gasteiger partial charge in [0.05, 0.1) is 28.7 Å². The summed E-state index contributed by atoms with van der Waals surface area (Å²) in [5.41, 5.74) is 1.53. The second-order valence-electron chi connectivity index (χ2n) is 7.40. The van der Waals surface area contributed by atoms with Crippen LogP contribution in [0.5, 0.6) is 0 Å². The summed E-state index contributed by atoms with van der Waals surface area (Å²) in [5, 5.41) is 13.4. The smallest absolute Gasteiger partial charge is 0.294 e. The van der Waals surface area contributed by atoms with Gasteiger partial charge in [0.25, 0.3) is 16.8 Å². The molecule has 1 N–H and O–H groups in total. The van der Waals surface area contributed by atoms with Crippen LogP contribution in [0.25, 0.3) is 6.08 Å². The number of benzene rings is 2. The minimum absolute atomic E-state index is 0.0914. The third kappa shape index (κ3) is 5.29. The number of non-ortho nitro benzene ring substituents is 1. The van der Waals surface area contributed by atoms with E-state index in [1.54, 1.807) is 30.3 Å². The molecule has 2 aromatic carbocycles. The lowest BCUT2D eigenvalue weighted by atomic mass is 10.1. The number of morpholine rings is 1. The minimum atomic E-state index is -0.628. The van der Waals surface area contributed by atoms with Crippen molar-refractivity contribution in [1.82, 2.24) is 4.90 Å². The van der Waals surface area contributed by atoms with Crippen molar-refractivity contribution in [3.8, 4) is 0 Å². The molecule has 0 aliphatic carbocycles. The summed E-state index contributed by atoms with van der Waals surface area (Å²) in [5.74, 6) is -1.16. The Morgan fingerprint density at radius 1 is 1.21 bits per heavy atom. The lowest BCUT2D eigenvalue weighted by Crippen LogP contribution is -2.36. The standard InChI is InChI=1S/C22H19BrN4O6S/c23-16-3-1-2-4-17(16)24-20(28)13-26-21(29)19(34-22(26)30)12-14-11-15(27(31)32)5-6-18(14)25-7-9-33-10-8-25/h1-6,11-12H,7-10,13H2,(H,24,28)/b19-12-. The fraction of sp³-hybridized carbons (Fsp3) is 0.227. The molecule has 176 valence electrons. The first-order chi connectivity index (χ1) is 16.3. The van der Waals surface area contributed by atoms with E-state index >= 15 is 0 Å². The number of imide groups is 1. The molecule has 2 fully saturated rings. The maximum atomic E-state index is 12.9. The molecule has 2 heterocycles. The third-order valence-electron chi connectivity index (χ3n) is 5.18. The first kappa shape index (κ1) is 23.9. The normalized spacial score (nSPS) is 17.4. The van der Waals surface area contributed by atoms with Gasteiger partial charge in [0.1, 0.15) is 6.54 Å². The number of carbonyl (C=O) groups is 3. The Kier molecular flexibility index (Phi) is 7.29. The molecular weight excluding hydrogens is 528 g/mol. The highest BCUT2D eigenvalue weighted by Gasteiger charge is 2.36. The van der Waals surface area contributed by atoms with Crippen molar-refractivity contribution in [2.24, 2.45) is 0 Å². The Bertz CT molecular complexity index is 1200. The molecule has 2 aromatic rings. The number of amides is 3. The van der Waals surface area contributed by atoms with E-state index in [0.29, 0.717) is 59.5 Å². The number of nitrogens with one attached hydrogen (secondary N) is 1. The molecule has 2 aliphatic heterocycles. The van der Waals surface area contributed by atoms with E-state index < -0.39 is 28.5 Å². The summed E-state index contributed by atoms with van der Waals surface area (Å²) < 4.78 is 6.04. The van der Waals surface area contributed by atoms with E-state index in [2.05, 4.69) is 21.2 Å². The number of halogens is 1. The van der Waals surface area contributed by atoms with Crippen molar-refractivity contribution in [3.63, 3.8) is 0 Å². The zero-order valence-corrected chi connectivity index (χ0v) is 20.1. The Hall–Kier alpha value is -3.22. The van der Waals surface area contributed by atoms with Crippen LogP contribution in [0.1, 0.15) is 5.56 Å². The van der Waals surface area contributed by atoms with Gasteiger partial charge in [-0.05, 0) is 52.0 Å². The van der Waals surface area contributed by atoms with Crippen LogP contribution in [0, 0.1) is 10.1 Å². The SMILES string of the molecule is O=C(CN1C(=O)S/C(=C\c2cc([N+](=O)[O-])ccc2N2CCOCC2)C1=O)Nc1ccccc1Br. The van der Waals surface area contributed by atoms with Gasteiger partial charge in [-0.15, -0.1) is 0 Å². The molecule has 4 rings (SSSR count). The van der Waals surface area contributed by atoms with Gasteiger partial charge in [-0.3, -0.25) is 29.4 Å². The molecule has 2 aliphatic rings. The van der Waals surface area contributed by atoms with Gasteiger partial charge in [-0.2, -0.15) is 0 Å². The highest BCUT2D eigenvalue weighted by atomic mass is 79.9. The van der Waals surface area contributed by atoms with Crippen molar-refractivity contribution in [2.45, 2.75) is 0 Å². The summed E-state index contributed by atoms with van der Waals surface area (Å²) in [4.78, 5) is 51.7. The molecule has 0 saturated carbocycles. The first-order valence-electron chi connectivity index (χ1n) is 10.2. The van der Waals surface area contributed by atoms with Crippen LogP contribution in [0.3, 0.4) is 0 Å². The monoisotopic (exact) mass is 546 g/mol. The van der Waals surface area contributed by atoms with Crippen LogP contribution in [0.15, 0.2) is 51.8 Å². The number of rotatable bonds is 6. The number of hydrogen-bond acceptors (Lipinski definition) is 8. The predicted octanol–water partition coefficient (Wildman–Crippen LogP) is 3.87. The zero-order chi connectivity index (χ0) is 24.2. The van der Waals surface area contributed by atoms with Gasteiger partial charge in [-0.1, -0.05) is 12.1 Å². The number of anilines is 2. The largest absolute Gasteiger partial charge is 0.378 e. The lowest BCUT2D eigenvalue weighted by Gasteiger charge is -2.30. The number of ether oxygens (including phenoxy) is 1. The van der Waals surface area contributed by atoms with Crippen molar-refractivity contribution in [1.29, 1.82) is 0 Å². The van der Waals surface area contributed by atoms with E-state index in [0.717, 1.165) is 4.90 Å². The van der Waals surface area contributed by atoms with E-state index in [4.69, 9.17) is 4.74 Å². The zero-order valence-electron chi connectivity index (χ0n) is 17.7. The van der Waals surface area contributed by atoms with Gasteiger partial charge in [0.15, 0.2) is 0 Å². The molecule has 0 unspecified atom stereocenters. The topological polar surface area (TPSA) is 122 Å². The number of nitrogens with zero attached hydrogens (tertiary/aromatic N) is 3. The maximum absolute atomic E-state index is 12.9. The average Bonchev–Trinajstić information content (AvgIpc) is 3.08. The quantitative estimate of drug-likeness (QED) is 0.329. The summed E-state index contributed by atoms with van der Waals surface area (Å²) in [6.45, 7) is 1.76. The minimum Gasteiger partial charge on any atom is -0.378 e. The Balaban J connectivity index is 1.56. The third-order valence-corrected chi connectivity index (χ3v) is 6.78. The average molecular weight is 547 g/mol. The second kappa shape index (κ2) is 10.4. The number of nitro groups is 1. The molecule has 0 radical (unpaired) electrons. The molecule has 34 heavy (non-hydrogen) atoms. The Labute approximate surface area is 207 Å². The Morgan fingerprint density at radius 2 is 1.94 bits per heavy atom. The summed E-state index contributed by atoms with van der Waals surface area (Å²) in [6.07, 6.45) is 1.47. The van der Waals surface area contributed by atoms with Gasteiger partial charge >= 0.3 is 0 Å². The number of thioether (sulfide) groups is 1. The van der Waals surface area contributed by atoms with Crippen LogP contribution < -0.4 is 10.2 Å².